The van der Waals surface area contributed by atoms with Crippen molar-refractivity contribution in [2.75, 3.05) is 5.32 Å². The zero-order valence-electron chi connectivity index (χ0n) is 10.3. The van der Waals surface area contributed by atoms with Crippen LogP contribution in [-0.4, -0.2) is 0 Å². The molecule has 0 amide bonds. The molecule has 0 saturated carbocycles. The minimum absolute atomic E-state index is 0.370. The minimum atomic E-state index is 0.370. The molecule has 2 rings (SSSR count). The summed E-state index contributed by atoms with van der Waals surface area (Å²) < 4.78 is 0.844. The number of nitriles is 2. The number of halogens is 2. The first kappa shape index (κ1) is 14.4. The van der Waals surface area contributed by atoms with Gasteiger partial charge in [-0.15, -0.1) is 0 Å². The second kappa shape index (κ2) is 6.43. The Morgan fingerprint density at radius 3 is 2.45 bits per heavy atom. The fourth-order valence-electron chi connectivity index (χ4n) is 1.70. The number of nitrogens with one attached hydrogen (secondary N) is 1. The van der Waals surface area contributed by atoms with Crippen LogP contribution in [0.4, 0.5) is 5.69 Å². The van der Waals surface area contributed by atoms with Crippen LogP contribution in [0.5, 0.6) is 0 Å². The molecule has 1 N–H and O–H groups in total. The van der Waals surface area contributed by atoms with E-state index in [4.69, 9.17) is 22.1 Å². The molecule has 2 aromatic rings. The molecule has 2 aromatic carbocycles. The van der Waals surface area contributed by atoms with Crippen LogP contribution in [0.15, 0.2) is 40.9 Å². The van der Waals surface area contributed by atoms with Gasteiger partial charge in [-0.1, -0.05) is 17.7 Å². The van der Waals surface area contributed by atoms with Crippen molar-refractivity contribution in [2.24, 2.45) is 0 Å². The maximum Gasteiger partial charge on any atom is 0.101 e. The van der Waals surface area contributed by atoms with E-state index in [0.717, 1.165) is 15.7 Å². The van der Waals surface area contributed by atoms with E-state index in [-0.39, 0.29) is 0 Å². The second-order valence-corrected chi connectivity index (χ2v) is 5.35. The molecule has 0 aliphatic carbocycles. The van der Waals surface area contributed by atoms with E-state index in [2.05, 4.69) is 21.2 Å². The van der Waals surface area contributed by atoms with Gasteiger partial charge in [-0.05, 0) is 51.8 Å². The summed E-state index contributed by atoms with van der Waals surface area (Å²) in [5.74, 6) is 0. The van der Waals surface area contributed by atoms with Gasteiger partial charge < -0.3 is 5.32 Å². The second-order valence-electron chi connectivity index (χ2n) is 4.09. The van der Waals surface area contributed by atoms with Gasteiger partial charge in [0.05, 0.1) is 16.1 Å². The number of hydrogen-bond donors (Lipinski definition) is 1. The molecule has 0 fully saturated rings. The van der Waals surface area contributed by atoms with E-state index in [0.29, 0.717) is 22.7 Å². The maximum atomic E-state index is 8.98. The predicted molar refractivity (Wildman–Crippen MR) is 82.4 cm³/mol. The summed E-state index contributed by atoms with van der Waals surface area (Å²) in [5, 5.41) is 21.7. The number of nitrogens with zero attached hydrogens (tertiary/aromatic N) is 2. The van der Waals surface area contributed by atoms with Gasteiger partial charge in [-0.25, -0.2) is 0 Å². The molecule has 0 heterocycles. The van der Waals surface area contributed by atoms with Gasteiger partial charge in [0.25, 0.3) is 0 Å². The third-order valence-corrected chi connectivity index (χ3v) is 3.96. The molecule has 98 valence electrons. The molecule has 5 heteroatoms. The van der Waals surface area contributed by atoms with Crippen LogP contribution < -0.4 is 5.32 Å². The molecular formula is C15H9BrClN3. The fourth-order valence-corrected chi connectivity index (χ4v) is 2.24. The SMILES string of the molecule is N#Cc1ccc(NCc2ccc(Cl)c(Br)c2)cc1C#N. The maximum absolute atomic E-state index is 8.98. The minimum Gasteiger partial charge on any atom is -0.381 e. The lowest BCUT2D eigenvalue weighted by molar-refractivity contribution is 1.14. The zero-order chi connectivity index (χ0) is 14.5. The molecule has 0 atom stereocenters. The van der Waals surface area contributed by atoms with Gasteiger partial charge in [0.1, 0.15) is 12.1 Å². The molecule has 0 radical (unpaired) electrons. The van der Waals surface area contributed by atoms with Crippen LogP contribution in [-0.2, 0) is 6.54 Å². The van der Waals surface area contributed by atoms with Crippen LogP contribution in [0.1, 0.15) is 16.7 Å². The highest BCUT2D eigenvalue weighted by molar-refractivity contribution is 9.10. The number of hydrogen-bond acceptors (Lipinski definition) is 3. The smallest absolute Gasteiger partial charge is 0.101 e. The summed E-state index contributed by atoms with van der Waals surface area (Å²) in [5.41, 5.74) is 2.61. The Bertz CT molecular complexity index is 729. The Morgan fingerprint density at radius 2 is 1.80 bits per heavy atom. The summed E-state index contributed by atoms with van der Waals surface area (Å²) >= 11 is 9.31. The zero-order valence-corrected chi connectivity index (χ0v) is 12.7. The Labute approximate surface area is 130 Å². The third-order valence-electron chi connectivity index (χ3n) is 2.74. The topological polar surface area (TPSA) is 59.6 Å². The van der Waals surface area contributed by atoms with Gasteiger partial charge in [-0.2, -0.15) is 10.5 Å². The Balaban J connectivity index is 2.13. The van der Waals surface area contributed by atoms with Crippen molar-refractivity contribution in [3.05, 3.63) is 62.6 Å². The standard InChI is InChI=1S/C15H9BrClN3/c16-14-5-10(1-4-15(14)17)9-20-13-3-2-11(7-18)12(6-13)8-19/h1-6,20H,9H2. The molecule has 0 aliphatic heterocycles. The summed E-state index contributed by atoms with van der Waals surface area (Å²) in [6, 6.07) is 14.8. The van der Waals surface area contributed by atoms with E-state index in [9.17, 15) is 0 Å². The van der Waals surface area contributed by atoms with E-state index < -0.39 is 0 Å². The lowest BCUT2D eigenvalue weighted by Gasteiger charge is -2.08. The van der Waals surface area contributed by atoms with Crippen LogP contribution in [0.3, 0.4) is 0 Å². The average molecular weight is 347 g/mol. The lowest BCUT2D eigenvalue weighted by Crippen LogP contribution is -2.00. The summed E-state index contributed by atoms with van der Waals surface area (Å²) in [7, 11) is 0. The number of anilines is 1. The van der Waals surface area contributed by atoms with Crippen LogP contribution in [0, 0.1) is 22.7 Å². The van der Waals surface area contributed by atoms with E-state index in [1.165, 1.54) is 0 Å². The molecule has 0 bridgehead atoms. The monoisotopic (exact) mass is 345 g/mol. The first-order valence-corrected chi connectivity index (χ1v) is 6.93. The van der Waals surface area contributed by atoms with Crippen molar-refractivity contribution >= 4 is 33.2 Å². The van der Waals surface area contributed by atoms with Gasteiger partial charge >= 0.3 is 0 Å². The molecule has 0 unspecified atom stereocenters. The van der Waals surface area contributed by atoms with Crippen molar-refractivity contribution < 1.29 is 0 Å². The fraction of sp³-hybridized carbons (Fsp3) is 0.0667. The van der Waals surface area contributed by atoms with Crippen molar-refractivity contribution in [1.29, 1.82) is 10.5 Å². The van der Waals surface area contributed by atoms with E-state index in [1.54, 1.807) is 18.2 Å². The van der Waals surface area contributed by atoms with Gasteiger partial charge in [0.2, 0.25) is 0 Å². The predicted octanol–water partition coefficient (Wildman–Crippen LogP) is 4.46. The highest BCUT2D eigenvalue weighted by Gasteiger charge is 2.03. The van der Waals surface area contributed by atoms with Crippen molar-refractivity contribution in [1.82, 2.24) is 0 Å². The first-order chi connectivity index (χ1) is 9.63. The van der Waals surface area contributed by atoms with E-state index >= 15 is 0 Å². The highest BCUT2D eigenvalue weighted by atomic mass is 79.9. The largest absolute Gasteiger partial charge is 0.381 e. The number of rotatable bonds is 3. The average Bonchev–Trinajstić information content (AvgIpc) is 2.48. The molecule has 0 spiro atoms. The summed E-state index contributed by atoms with van der Waals surface area (Å²) in [4.78, 5) is 0. The summed E-state index contributed by atoms with van der Waals surface area (Å²) in [6.45, 7) is 0.604. The molecule has 0 aliphatic rings. The van der Waals surface area contributed by atoms with Crippen LogP contribution in [0.25, 0.3) is 0 Å². The first-order valence-electron chi connectivity index (χ1n) is 5.76. The normalized spacial score (nSPS) is 9.60. The highest BCUT2D eigenvalue weighted by Crippen LogP contribution is 2.24. The third kappa shape index (κ3) is 3.30. The Hall–Kier alpha value is -2.01. The van der Waals surface area contributed by atoms with Crippen LogP contribution >= 0.6 is 27.5 Å². The molecule has 20 heavy (non-hydrogen) atoms. The molecule has 3 nitrogen and oxygen atoms in total. The van der Waals surface area contributed by atoms with E-state index in [1.807, 2.05) is 30.3 Å². The van der Waals surface area contributed by atoms with Crippen molar-refractivity contribution in [3.8, 4) is 12.1 Å². The molecule has 0 saturated heterocycles. The van der Waals surface area contributed by atoms with Crippen LogP contribution in [0.2, 0.25) is 5.02 Å². The van der Waals surface area contributed by atoms with Gasteiger partial charge in [0.15, 0.2) is 0 Å². The Kier molecular flexibility index (Phi) is 4.63. The van der Waals surface area contributed by atoms with Gasteiger partial charge in [-0.3, -0.25) is 0 Å². The van der Waals surface area contributed by atoms with Crippen molar-refractivity contribution in [2.45, 2.75) is 6.54 Å². The van der Waals surface area contributed by atoms with Crippen molar-refractivity contribution in [3.63, 3.8) is 0 Å². The molecular weight excluding hydrogens is 338 g/mol. The van der Waals surface area contributed by atoms with Gasteiger partial charge in [0, 0.05) is 16.7 Å². The Morgan fingerprint density at radius 1 is 1.05 bits per heavy atom. The molecule has 0 aromatic heterocycles. The summed E-state index contributed by atoms with van der Waals surface area (Å²) in [6.07, 6.45) is 0. The number of benzene rings is 2. The quantitative estimate of drug-likeness (QED) is 0.892. The lowest BCUT2D eigenvalue weighted by atomic mass is 10.1.